The molecule has 0 aliphatic heterocycles. The van der Waals surface area contributed by atoms with Gasteiger partial charge in [0.05, 0.1) is 5.41 Å². The maximum Gasteiger partial charge on any atom is 0.317 e. The molecule has 1 fully saturated rings. The Hall–Kier alpha value is -1.30. The van der Waals surface area contributed by atoms with Crippen molar-refractivity contribution >= 4 is 12.0 Å². The lowest BCUT2D eigenvalue weighted by Gasteiger charge is -2.23. The van der Waals surface area contributed by atoms with E-state index in [0.29, 0.717) is 25.9 Å². The molecule has 0 unspecified atom stereocenters. The zero-order valence-corrected chi connectivity index (χ0v) is 12.1. The zero-order chi connectivity index (χ0) is 14.5. The molecule has 0 atom stereocenters. The molecule has 110 valence electrons. The van der Waals surface area contributed by atoms with Crippen molar-refractivity contribution in [2.24, 2.45) is 5.41 Å². The van der Waals surface area contributed by atoms with E-state index in [4.69, 9.17) is 5.11 Å². The molecule has 0 radical (unpaired) electrons. The second-order valence-electron chi connectivity index (χ2n) is 5.48. The van der Waals surface area contributed by atoms with E-state index in [0.717, 1.165) is 13.0 Å². The van der Waals surface area contributed by atoms with Gasteiger partial charge in [-0.3, -0.25) is 4.79 Å². The number of carbonyl (C=O) groups excluding carboxylic acids is 1. The minimum atomic E-state index is -0.802. The monoisotopic (exact) mass is 271 g/mol. The molecule has 0 aromatic heterocycles. The number of rotatable bonds is 8. The number of carbonyl (C=O) groups is 2. The Morgan fingerprint density at radius 2 is 1.89 bits per heavy atom. The lowest BCUT2D eigenvalue weighted by molar-refractivity contribution is -0.143. The molecule has 6 nitrogen and oxygen atoms in total. The summed E-state index contributed by atoms with van der Waals surface area (Å²) in [5.41, 5.74) is -0.696. The fraction of sp³-hybridized carbons (Fsp3) is 0.846. The SMILES string of the molecule is CCN(CCCN(C)C)C(=O)NCC1(C(=O)O)CC1. The lowest BCUT2D eigenvalue weighted by Crippen LogP contribution is -2.44. The maximum absolute atomic E-state index is 12.0. The van der Waals surface area contributed by atoms with Crippen LogP contribution < -0.4 is 5.32 Å². The molecule has 0 heterocycles. The van der Waals surface area contributed by atoms with E-state index in [2.05, 4.69) is 10.2 Å². The van der Waals surface area contributed by atoms with Crippen LogP contribution >= 0.6 is 0 Å². The minimum Gasteiger partial charge on any atom is -0.481 e. The number of aliphatic carboxylic acids is 1. The molecule has 6 heteroatoms. The molecule has 2 N–H and O–H groups in total. The van der Waals surface area contributed by atoms with Crippen molar-refractivity contribution in [3.8, 4) is 0 Å². The topological polar surface area (TPSA) is 72.9 Å². The van der Waals surface area contributed by atoms with Gasteiger partial charge in [-0.05, 0) is 46.8 Å². The van der Waals surface area contributed by atoms with Gasteiger partial charge in [-0.1, -0.05) is 0 Å². The van der Waals surface area contributed by atoms with E-state index >= 15 is 0 Å². The summed E-state index contributed by atoms with van der Waals surface area (Å²) in [6.45, 7) is 4.44. The molecule has 0 spiro atoms. The first-order chi connectivity index (χ1) is 8.91. The van der Waals surface area contributed by atoms with Gasteiger partial charge in [-0.25, -0.2) is 4.79 Å². The van der Waals surface area contributed by atoms with Gasteiger partial charge >= 0.3 is 12.0 Å². The van der Waals surface area contributed by atoms with Crippen LogP contribution in [0.1, 0.15) is 26.2 Å². The van der Waals surface area contributed by atoms with Crippen molar-refractivity contribution < 1.29 is 14.7 Å². The Labute approximate surface area is 114 Å². The molecule has 1 aliphatic carbocycles. The van der Waals surface area contributed by atoms with Gasteiger partial charge in [0.25, 0.3) is 0 Å². The van der Waals surface area contributed by atoms with Gasteiger partial charge in [0.15, 0.2) is 0 Å². The Balaban J connectivity index is 2.31. The average Bonchev–Trinajstić information content (AvgIpc) is 3.12. The first kappa shape index (κ1) is 15.8. The van der Waals surface area contributed by atoms with Gasteiger partial charge in [-0.15, -0.1) is 0 Å². The van der Waals surface area contributed by atoms with Crippen LogP contribution in [0.4, 0.5) is 4.79 Å². The number of nitrogens with one attached hydrogen (secondary N) is 1. The van der Waals surface area contributed by atoms with Crippen molar-refractivity contribution in [1.82, 2.24) is 15.1 Å². The van der Waals surface area contributed by atoms with E-state index in [1.807, 2.05) is 21.0 Å². The van der Waals surface area contributed by atoms with E-state index in [1.165, 1.54) is 0 Å². The molecule has 1 rings (SSSR count). The Morgan fingerprint density at radius 3 is 2.32 bits per heavy atom. The van der Waals surface area contributed by atoms with Crippen LogP contribution in [0.25, 0.3) is 0 Å². The summed E-state index contributed by atoms with van der Waals surface area (Å²) in [6.07, 6.45) is 2.24. The molecule has 1 saturated carbocycles. The largest absolute Gasteiger partial charge is 0.481 e. The number of hydrogen-bond donors (Lipinski definition) is 2. The average molecular weight is 271 g/mol. The van der Waals surface area contributed by atoms with E-state index in [9.17, 15) is 9.59 Å². The summed E-state index contributed by atoms with van der Waals surface area (Å²) in [5, 5.41) is 11.8. The second-order valence-corrected chi connectivity index (χ2v) is 5.48. The van der Waals surface area contributed by atoms with Gasteiger partial charge in [0, 0.05) is 19.6 Å². The Morgan fingerprint density at radius 1 is 1.26 bits per heavy atom. The Bertz CT molecular complexity index is 327. The highest BCUT2D eigenvalue weighted by molar-refractivity contribution is 5.80. The van der Waals surface area contributed by atoms with Crippen LogP contribution in [-0.2, 0) is 4.79 Å². The second kappa shape index (κ2) is 6.75. The van der Waals surface area contributed by atoms with Crippen molar-refractivity contribution in [2.75, 3.05) is 40.3 Å². The van der Waals surface area contributed by atoms with Crippen LogP contribution in [0.5, 0.6) is 0 Å². The highest BCUT2D eigenvalue weighted by Crippen LogP contribution is 2.45. The van der Waals surface area contributed by atoms with Gasteiger partial charge in [-0.2, -0.15) is 0 Å². The van der Waals surface area contributed by atoms with Crippen molar-refractivity contribution in [1.29, 1.82) is 0 Å². The third-order valence-electron chi connectivity index (χ3n) is 3.59. The summed E-state index contributed by atoms with van der Waals surface area (Å²) in [5.74, 6) is -0.802. The zero-order valence-electron chi connectivity index (χ0n) is 12.1. The van der Waals surface area contributed by atoms with Gasteiger partial charge in [0.2, 0.25) is 0 Å². The molecule has 1 aliphatic rings. The number of carboxylic acids is 1. The first-order valence-electron chi connectivity index (χ1n) is 6.82. The van der Waals surface area contributed by atoms with E-state index in [-0.39, 0.29) is 12.6 Å². The Kier molecular flexibility index (Phi) is 5.60. The standard InChI is InChI=1S/C13H25N3O3/c1-4-16(9-5-8-15(2)3)12(19)14-10-13(6-7-13)11(17)18/h4-10H2,1-3H3,(H,14,19)(H,17,18). The normalized spacial score (nSPS) is 16.2. The van der Waals surface area contributed by atoms with Crippen molar-refractivity contribution in [3.63, 3.8) is 0 Å². The maximum atomic E-state index is 12.0. The third-order valence-corrected chi connectivity index (χ3v) is 3.59. The van der Waals surface area contributed by atoms with Crippen LogP contribution in [0.15, 0.2) is 0 Å². The molecule has 0 saturated heterocycles. The predicted molar refractivity (Wildman–Crippen MR) is 73.1 cm³/mol. The first-order valence-corrected chi connectivity index (χ1v) is 6.82. The molecule has 2 amide bonds. The molecular formula is C13H25N3O3. The molecule has 0 bridgehead atoms. The molecule has 0 aromatic carbocycles. The smallest absolute Gasteiger partial charge is 0.317 e. The van der Waals surface area contributed by atoms with Crippen LogP contribution in [-0.4, -0.2) is 67.2 Å². The summed E-state index contributed by atoms with van der Waals surface area (Å²) in [6, 6.07) is -0.159. The van der Waals surface area contributed by atoms with Crippen molar-refractivity contribution in [3.05, 3.63) is 0 Å². The van der Waals surface area contributed by atoms with E-state index < -0.39 is 11.4 Å². The van der Waals surface area contributed by atoms with Crippen LogP contribution in [0.2, 0.25) is 0 Å². The lowest BCUT2D eigenvalue weighted by atomic mass is 10.1. The quantitative estimate of drug-likeness (QED) is 0.686. The summed E-state index contributed by atoms with van der Waals surface area (Å²) in [7, 11) is 4.00. The summed E-state index contributed by atoms with van der Waals surface area (Å²) >= 11 is 0. The highest BCUT2D eigenvalue weighted by atomic mass is 16.4. The summed E-state index contributed by atoms with van der Waals surface area (Å²) in [4.78, 5) is 26.8. The number of amides is 2. The fourth-order valence-electron chi connectivity index (χ4n) is 1.95. The third kappa shape index (κ3) is 4.70. The van der Waals surface area contributed by atoms with Gasteiger partial charge in [0.1, 0.15) is 0 Å². The minimum absolute atomic E-state index is 0.159. The molecule has 0 aromatic rings. The predicted octanol–water partition coefficient (Wildman–Crippen LogP) is 0.834. The number of hydrogen-bond acceptors (Lipinski definition) is 3. The molecule has 19 heavy (non-hydrogen) atoms. The number of urea groups is 1. The fourth-order valence-corrected chi connectivity index (χ4v) is 1.95. The molecular weight excluding hydrogens is 246 g/mol. The van der Waals surface area contributed by atoms with Crippen LogP contribution in [0.3, 0.4) is 0 Å². The van der Waals surface area contributed by atoms with Gasteiger partial charge < -0.3 is 20.2 Å². The highest BCUT2D eigenvalue weighted by Gasteiger charge is 2.50. The van der Waals surface area contributed by atoms with Crippen LogP contribution in [0, 0.1) is 5.41 Å². The number of carboxylic acid groups (broad SMARTS) is 1. The number of nitrogens with zero attached hydrogens (tertiary/aromatic N) is 2. The van der Waals surface area contributed by atoms with Crippen molar-refractivity contribution in [2.45, 2.75) is 26.2 Å². The summed E-state index contributed by atoms with van der Waals surface area (Å²) < 4.78 is 0. The van der Waals surface area contributed by atoms with E-state index in [1.54, 1.807) is 4.90 Å².